The van der Waals surface area contributed by atoms with E-state index in [2.05, 4.69) is 16.3 Å². The molecule has 1 aromatic heterocycles. The number of nitrogens with zero attached hydrogens (tertiary/aromatic N) is 1. The lowest BCUT2D eigenvalue weighted by molar-refractivity contribution is 0.411. The Bertz CT molecular complexity index is 491. The molecule has 2 rings (SSSR count). The molecule has 16 heavy (non-hydrogen) atoms. The van der Waals surface area contributed by atoms with E-state index in [0.717, 1.165) is 23.4 Å². The summed E-state index contributed by atoms with van der Waals surface area (Å²) in [6.07, 6.45) is 0.801. The maximum Gasteiger partial charge on any atom is 0.145 e. The van der Waals surface area contributed by atoms with Gasteiger partial charge in [-0.3, -0.25) is 5.10 Å². The lowest BCUT2D eigenvalue weighted by Crippen LogP contribution is -1.92. The Morgan fingerprint density at radius 1 is 1.38 bits per heavy atom. The zero-order chi connectivity index (χ0) is 11.5. The van der Waals surface area contributed by atoms with Gasteiger partial charge in [-0.15, -0.1) is 0 Å². The van der Waals surface area contributed by atoms with E-state index in [1.165, 1.54) is 5.56 Å². The third-order valence-corrected chi connectivity index (χ3v) is 2.50. The van der Waals surface area contributed by atoms with E-state index in [1.54, 1.807) is 7.11 Å². The summed E-state index contributed by atoms with van der Waals surface area (Å²) in [6.45, 7) is 2.03. The lowest BCUT2D eigenvalue weighted by Gasteiger charge is -2.06. The van der Waals surface area contributed by atoms with Crippen molar-refractivity contribution >= 4 is 5.82 Å². The molecule has 0 aliphatic heterocycles. The minimum Gasteiger partial charge on any atom is -0.496 e. The molecule has 0 saturated heterocycles. The Labute approximate surface area is 94.4 Å². The van der Waals surface area contributed by atoms with Crippen molar-refractivity contribution in [1.82, 2.24) is 10.2 Å². The van der Waals surface area contributed by atoms with Gasteiger partial charge in [0.1, 0.15) is 11.6 Å². The minimum absolute atomic E-state index is 0.528. The Hall–Kier alpha value is -1.97. The van der Waals surface area contributed by atoms with Crippen molar-refractivity contribution < 1.29 is 4.74 Å². The Kier molecular flexibility index (Phi) is 2.81. The van der Waals surface area contributed by atoms with Crippen molar-refractivity contribution in [2.75, 3.05) is 12.8 Å². The third-order valence-electron chi connectivity index (χ3n) is 2.50. The molecule has 4 nitrogen and oxygen atoms in total. The number of methoxy groups -OCH3 is 1. The molecule has 0 amide bonds. The molecule has 0 radical (unpaired) electrons. The topological polar surface area (TPSA) is 63.9 Å². The van der Waals surface area contributed by atoms with Crippen LogP contribution in [0.4, 0.5) is 5.82 Å². The fourth-order valence-corrected chi connectivity index (χ4v) is 1.74. The van der Waals surface area contributed by atoms with Gasteiger partial charge in [-0.1, -0.05) is 12.1 Å². The molecule has 0 bridgehead atoms. The summed E-state index contributed by atoms with van der Waals surface area (Å²) < 4.78 is 5.21. The number of nitrogens with one attached hydrogen (secondary N) is 1. The molecule has 0 aliphatic rings. The van der Waals surface area contributed by atoms with E-state index >= 15 is 0 Å². The summed E-state index contributed by atoms with van der Waals surface area (Å²) in [6, 6.07) is 7.97. The minimum atomic E-state index is 0.528. The van der Waals surface area contributed by atoms with Gasteiger partial charge in [0.15, 0.2) is 0 Å². The number of hydrogen-bond acceptors (Lipinski definition) is 3. The Balaban J connectivity index is 2.19. The second kappa shape index (κ2) is 4.26. The number of nitrogen functional groups attached to an aromatic ring is 1. The largest absolute Gasteiger partial charge is 0.496 e. The number of H-pyrrole nitrogens is 1. The summed E-state index contributed by atoms with van der Waals surface area (Å²) >= 11 is 0. The van der Waals surface area contributed by atoms with Gasteiger partial charge in [-0.25, -0.2) is 0 Å². The van der Waals surface area contributed by atoms with Crippen LogP contribution in [0.1, 0.15) is 16.8 Å². The molecule has 0 aliphatic carbocycles. The van der Waals surface area contributed by atoms with Crippen LogP contribution >= 0.6 is 0 Å². The fraction of sp³-hybridized carbons (Fsp3) is 0.250. The van der Waals surface area contributed by atoms with E-state index in [9.17, 15) is 0 Å². The Morgan fingerprint density at radius 3 is 2.75 bits per heavy atom. The zero-order valence-corrected chi connectivity index (χ0v) is 9.45. The average molecular weight is 217 g/mol. The highest BCUT2D eigenvalue weighted by Gasteiger charge is 2.03. The van der Waals surface area contributed by atoms with Crippen LogP contribution in [0, 0.1) is 6.92 Å². The average Bonchev–Trinajstić information content (AvgIpc) is 2.64. The SMILES string of the molecule is COc1ccc(Cc2cc(N)n[nH]2)cc1C. The van der Waals surface area contributed by atoms with Crippen molar-refractivity contribution in [3.05, 3.63) is 41.1 Å². The number of aromatic nitrogens is 2. The molecule has 1 heterocycles. The van der Waals surface area contributed by atoms with Crippen LogP contribution in [0.2, 0.25) is 0 Å². The monoisotopic (exact) mass is 217 g/mol. The van der Waals surface area contributed by atoms with Crippen molar-refractivity contribution in [1.29, 1.82) is 0 Å². The first-order chi connectivity index (χ1) is 7.69. The van der Waals surface area contributed by atoms with E-state index in [1.807, 2.05) is 25.1 Å². The highest BCUT2D eigenvalue weighted by atomic mass is 16.5. The third kappa shape index (κ3) is 2.16. The molecule has 3 N–H and O–H groups in total. The number of anilines is 1. The molecule has 0 fully saturated rings. The molecule has 0 spiro atoms. The normalized spacial score (nSPS) is 10.4. The molecule has 4 heteroatoms. The predicted octanol–water partition coefficient (Wildman–Crippen LogP) is 1.90. The first kappa shape index (κ1) is 10.5. The second-order valence-electron chi connectivity index (χ2n) is 3.80. The Morgan fingerprint density at radius 2 is 2.19 bits per heavy atom. The standard InChI is InChI=1S/C12H15N3O/c1-8-5-9(3-4-11(8)16-2)6-10-7-12(13)15-14-10/h3-5,7H,6H2,1-2H3,(H3,13,14,15). The number of ether oxygens (including phenoxy) is 1. The smallest absolute Gasteiger partial charge is 0.145 e. The molecule has 0 saturated carbocycles. The number of nitrogens with two attached hydrogens (primary N) is 1. The number of hydrogen-bond donors (Lipinski definition) is 2. The first-order valence-electron chi connectivity index (χ1n) is 5.12. The van der Waals surface area contributed by atoms with Gasteiger partial charge in [0.25, 0.3) is 0 Å². The lowest BCUT2D eigenvalue weighted by atomic mass is 10.1. The van der Waals surface area contributed by atoms with E-state index in [4.69, 9.17) is 10.5 Å². The van der Waals surface area contributed by atoms with Crippen molar-refractivity contribution in [2.24, 2.45) is 0 Å². The maximum absolute atomic E-state index is 5.55. The van der Waals surface area contributed by atoms with Crippen LogP contribution in [-0.4, -0.2) is 17.3 Å². The van der Waals surface area contributed by atoms with Gasteiger partial charge in [0.2, 0.25) is 0 Å². The highest BCUT2D eigenvalue weighted by Crippen LogP contribution is 2.20. The predicted molar refractivity (Wildman–Crippen MR) is 63.5 cm³/mol. The van der Waals surface area contributed by atoms with Gasteiger partial charge in [-0.05, 0) is 24.1 Å². The van der Waals surface area contributed by atoms with Crippen molar-refractivity contribution in [3.63, 3.8) is 0 Å². The zero-order valence-electron chi connectivity index (χ0n) is 9.45. The molecular weight excluding hydrogens is 202 g/mol. The van der Waals surface area contributed by atoms with Crippen molar-refractivity contribution in [3.8, 4) is 5.75 Å². The van der Waals surface area contributed by atoms with Crippen LogP contribution in [0.25, 0.3) is 0 Å². The molecule has 2 aromatic rings. The van der Waals surface area contributed by atoms with Crippen LogP contribution in [0.15, 0.2) is 24.3 Å². The molecule has 0 atom stereocenters. The van der Waals surface area contributed by atoms with Gasteiger partial charge in [0.05, 0.1) is 7.11 Å². The number of rotatable bonds is 3. The second-order valence-corrected chi connectivity index (χ2v) is 3.80. The van der Waals surface area contributed by atoms with E-state index in [-0.39, 0.29) is 0 Å². The summed E-state index contributed by atoms with van der Waals surface area (Å²) in [5.41, 5.74) is 8.90. The quantitative estimate of drug-likeness (QED) is 0.825. The van der Waals surface area contributed by atoms with E-state index in [0.29, 0.717) is 5.82 Å². The summed E-state index contributed by atoms with van der Waals surface area (Å²) in [7, 11) is 1.68. The van der Waals surface area contributed by atoms with Gasteiger partial charge in [0, 0.05) is 18.2 Å². The van der Waals surface area contributed by atoms with Crippen LogP contribution in [-0.2, 0) is 6.42 Å². The van der Waals surface area contributed by atoms with Gasteiger partial charge in [-0.2, -0.15) is 5.10 Å². The number of aryl methyl sites for hydroxylation is 1. The fourth-order valence-electron chi connectivity index (χ4n) is 1.74. The summed E-state index contributed by atoms with van der Waals surface area (Å²) in [5.74, 6) is 1.44. The number of aromatic amines is 1. The summed E-state index contributed by atoms with van der Waals surface area (Å²) in [4.78, 5) is 0. The molecule has 84 valence electrons. The van der Waals surface area contributed by atoms with Crippen molar-refractivity contribution in [2.45, 2.75) is 13.3 Å². The first-order valence-corrected chi connectivity index (χ1v) is 5.12. The molecule has 1 aromatic carbocycles. The van der Waals surface area contributed by atoms with Crippen LogP contribution < -0.4 is 10.5 Å². The molecular formula is C12H15N3O. The van der Waals surface area contributed by atoms with Gasteiger partial charge >= 0.3 is 0 Å². The van der Waals surface area contributed by atoms with Gasteiger partial charge < -0.3 is 10.5 Å². The maximum atomic E-state index is 5.55. The number of benzene rings is 1. The molecule has 0 unspecified atom stereocenters. The van der Waals surface area contributed by atoms with Crippen LogP contribution in [0.5, 0.6) is 5.75 Å². The van der Waals surface area contributed by atoms with Crippen LogP contribution in [0.3, 0.4) is 0 Å². The van der Waals surface area contributed by atoms with E-state index < -0.39 is 0 Å². The summed E-state index contributed by atoms with van der Waals surface area (Å²) in [5, 5.41) is 6.79. The highest BCUT2D eigenvalue weighted by molar-refractivity contribution is 5.38.